The molecule has 3 N–H and O–H groups in total. The van der Waals surface area contributed by atoms with E-state index in [1.54, 1.807) is 0 Å². The maximum atomic E-state index is 13.6. The minimum absolute atomic E-state index is 0.0405. The Morgan fingerprint density at radius 3 is 2.57 bits per heavy atom. The van der Waals surface area contributed by atoms with Crippen LogP contribution < -0.4 is 9.44 Å². The van der Waals surface area contributed by atoms with Gasteiger partial charge in [0.15, 0.2) is 0 Å². The number of benzene rings is 1. The van der Waals surface area contributed by atoms with Crippen molar-refractivity contribution in [3.05, 3.63) is 35.7 Å². The zero-order valence-corrected chi connectivity index (χ0v) is 11.5. The van der Waals surface area contributed by atoms with Gasteiger partial charge in [0.05, 0.1) is 12.8 Å². The summed E-state index contributed by atoms with van der Waals surface area (Å²) < 4.78 is 44.0. The summed E-state index contributed by atoms with van der Waals surface area (Å²) in [5, 5.41) is 8.43. The summed E-state index contributed by atoms with van der Waals surface area (Å²) in [6, 6.07) is 3.20. The van der Waals surface area contributed by atoms with Gasteiger partial charge in [-0.1, -0.05) is 0 Å². The molecule has 0 spiro atoms. The summed E-state index contributed by atoms with van der Waals surface area (Å²) in [5.74, 6) is -2.09. The third-order valence-electron chi connectivity index (χ3n) is 2.06. The summed E-state index contributed by atoms with van der Waals surface area (Å²) in [6.45, 7) is 0. The molecule has 0 unspecified atom stereocenters. The first-order chi connectivity index (χ1) is 9.73. The largest absolute Gasteiger partial charge is 0.478 e. The van der Waals surface area contributed by atoms with E-state index in [0.29, 0.717) is 0 Å². The summed E-state index contributed by atoms with van der Waals surface area (Å²) in [4.78, 5) is 21.1. The van der Waals surface area contributed by atoms with Crippen molar-refractivity contribution in [3.63, 3.8) is 0 Å². The first kappa shape index (κ1) is 16.4. The van der Waals surface area contributed by atoms with Crippen LogP contribution in [0.2, 0.25) is 0 Å². The highest BCUT2D eigenvalue weighted by Crippen LogP contribution is 2.16. The Bertz CT molecular complexity index is 686. The lowest BCUT2D eigenvalue weighted by Crippen LogP contribution is -2.35. The number of carbonyl (C=O) groups is 2. The number of rotatable bonds is 5. The van der Waals surface area contributed by atoms with Gasteiger partial charge in [-0.05, 0) is 24.3 Å². The van der Waals surface area contributed by atoms with Crippen LogP contribution in [0.5, 0.6) is 0 Å². The number of amides is 1. The topological polar surface area (TPSA) is 122 Å². The fourth-order valence-electron chi connectivity index (χ4n) is 1.22. The van der Waals surface area contributed by atoms with Crippen molar-refractivity contribution < 1.29 is 32.2 Å². The number of carboxylic acids is 1. The van der Waals surface area contributed by atoms with Crippen LogP contribution in [0, 0.1) is 5.82 Å². The van der Waals surface area contributed by atoms with Crippen molar-refractivity contribution >= 4 is 34.0 Å². The third kappa shape index (κ3) is 5.48. The van der Waals surface area contributed by atoms with Gasteiger partial charge in [-0.25, -0.2) is 18.7 Å². The Hall–Kier alpha value is -2.62. The van der Waals surface area contributed by atoms with Crippen molar-refractivity contribution in [1.82, 2.24) is 4.72 Å². The van der Waals surface area contributed by atoms with Crippen LogP contribution in [0.25, 0.3) is 6.08 Å². The predicted octanol–water partition coefficient (Wildman–Crippen LogP) is 0.936. The van der Waals surface area contributed by atoms with Gasteiger partial charge in [0, 0.05) is 11.6 Å². The number of nitrogens with one attached hydrogen (secondary N) is 2. The minimum atomic E-state index is -4.25. The Morgan fingerprint density at radius 1 is 1.38 bits per heavy atom. The third-order valence-corrected chi connectivity index (χ3v) is 3.00. The van der Waals surface area contributed by atoms with Crippen LogP contribution in [0.3, 0.4) is 0 Å². The molecule has 1 amide bonds. The van der Waals surface area contributed by atoms with Crippen molar-refractivity contribution in [2.24, 2.45) is 0 Å². The van der Waals surface area contributed by atoms with Gasteiger partial charge in [-0.15, -0.1) is 0 Å². The Kier molecular flexibility index (Phi) is 5.24. The molecule has 0 aromatic heterocycles. The lowest BCUT2D eigenvalue weighted by molar-refractivity contribution is -0.131. The molecule has 0 atom stereocenters. The normalized spacial score (nSPS) is 11.1. The van der Waals surface area contributed by atoms with E-state index in [2.05, 4.69) is 4.74 Å². The molecule has 0 saturated carbocycles. The molecule has 0 bridgehead atoms. The monoisotopic (exact) mass is 318 g/mol. The molecule has 0 saturated heterocycles. The van der Waals surface area contributed by atoms with Crippen LogP contribution in [-0.4, -0.2) is 32.7 Å². The smallest absolute Gasteiger partial charge is 0.422 e. The molecule has 114 valence electrons. The molecular formula is C11H11FN2O6S. The molecule has 0 fully saturated rings. The molecule has 0 aliphatic carbocycles. The predicted molar refractivity (Wildman–Crippen MR) is 71.2 cm³/mol. The van der Waals surface area contributed by atoms with Crippen LogP contribution in [0.4, 0.5) is 14.9 Å². The van der Waals surface area contributed by atoms with E-state index in [1.165, 1.54) is 16.9 Å². The zero-order valence-electron chi connectivity index (χ0n) is 10.7. The van der Waals surface area contributed by atoms with Gasteiger partial charge in [-0.2, -0.15) is 8.42 Å². The number of carbonyl (C=O) groups excluding carboxylic acids is 1. The molecule has 0 aliphatic rings. The molecule has 1 aromatic rings. The number of anilines is 1. The number of ether oxygens (including phenoxy) is 1. The quantitative estimate of drug-likeness (QED) is 0.694. The zero-order chi connectivity index (χ0) is 16.0. The Balaban J connectivity index is 2.90. The minimum Gasteiger partial charge on any atom is -0.478 e. The van der Waals surface area contributed by atoms with Gasteiger partial charge < -0.3 is 9.84 Å². The van der Waals surface area contributed by atoms with Gasteiger partial charge >= 0.3 is 22.3 Å². The summed E-state index contributed by atoms with van der Waals surface area (Å²) in [6.07, 6.45) is 0.549. The fourth-order valence-corrected chi connectivity index (χ4v) is 2.01. The second-order valence-corrected chi connectivity index (χ2v) is 5.02. The molecule has 0 heterocycles. The van der Waals surface area contributed by atoms with Crippen LogP contribution in [0.1, 0.15) is 5.56 Å². The number of hydrogen-bond acceptors (Lipinski definition) is 5. The molecule has 0 aliphatic heterocycles. The first-order valence-electron chi connectivity index (χ1n) is 5.32. The van der Waals surface area contributed by atoms with E-state index in [-0.39, 0.29) is 11.3 Å². The van der Waals surface area contributed by atoms with Crippen molar-refractivity contribution in [3.8, 4) is 0 Å². The highest BCUT2D eigenvalue weighted by molar-refractivity contribution is 7.91. The molecule has 10 heteroatoms. The highest BCUT2D eigenvalue weighted by Gasteiger charge is 2.15. The maximum absolute atomic E-state index is 13.6. The van der Waals surface area contributed by atoms with E-state index in [1.807, 2.05) is 4.72 Å². The SMILES string of the molecule is COC(=O)NS(=O)(=O)Nc1ccc(/C=C/C(=O)O)c(F)c1. The van der Waals surface area contributed by atoms with Crippen LogP contribution >= 0.6 is 0 Å². The van der Waals surface area contributed by atoms with Gasteiger partial charge in [0.2, 0.25) is 0 Å². The average Bonchev–Trinajstić information content (AvgIpc) is 2.36. The fraction of sp³-hybridized carbons (Fsp3) is 0.0909. The molecule has 8 nitrogen and oxygen atoms in total. The average molecular weight is 318 g/mol. The van der Waals surface area contributed by atoms with Crippen LogP contribution in [-0.2, 0) is 19.7 Å². The molecule has 1 rings (SSSR count). The van der Waals surface area contributed by atoms with Gasteiger partial charge in [-0.3, -0.25) is 4.72 Å². The Labute approximate surface area is 119 Å². The lowest BCUT2D eigenvalue weighted by Gasteiger charge is -2.09. The number of hydrogen-bond donors (Lipinski definition) is 3. The second-order valence-electron chi connectivity index (χ2n) is 3.61. The first-order valence-corrected chi connectivity index (χ1v) is 6.81. The number of aliphatic carboxylic acids is 1. The molecule has 0 radical (unpaired) electrons. The molecule has 1 aromatic carbocycles. The van der Waals surface area contributed by atoms with Crippen LogP contribution in [0.15, 0.2) is 24.3 Å². The van der Waals surface area contributed by atoms with Crippen molar-refractivity contribution in [2.75, 3.05) is 11.8 Å². The summed E-state index contributed by atoms with van der Waals surface area (Å²) >= 11 is 0. The van der Waals surface area contributed by atoms with E-state index in [9.17, 15) is 22.4 Å². The maximum Gasteiger partial charge on any atom is 0.422 e. The second kappa shape index (κ2) is 6.70. The number of methoxy groups -OCH3 is 1. The molecule has 21 heavy (non-hydrogen) atoms. The van der Waals surface area contributed by atoms with Gasteiger partial charge in [0.25, 0.3) is 0 Å². The number of halogens is 1. The van der Waals surface area contributed by atoms with Crippen molar-refractivity contribution in [1.29, 1.82) is 0 Å². The standard InChI is InChI=1S/C11H11FN2O6S/c1-20-11(17)14-21(18,19)13-8-4-2-7(9(12)6-8)3-5-10(15)16/h2-6,13H,1H3,(H,14,17)(H,15,16)/b5-3+. The van der Waals surface area contributed by atoms with Gasteiger partial charge in [0.1, 0.15) is 5.82 Å². The van der Waals surface area contributed by atoms with E-state index < -0.39 is 28.1 Å². The summed E-state index contributed by atoms with van der Waals surface area (Å²) in [5.41, 5.74) is -0.197. The Morgan fingerprint density at radius 2 is 2.05 bits per heavy atom. The summed E-state index contributed by atoms with van der Waals surface area (Å²) in [7, 11) is -3.27. The number of carboxylic acid groups (broad SMARTS) is 1. The highest BCUT2D eigenvalue weighted by atomic mass is 32.2. The molecular weight excluding hydrogens is 307 g/mol. The lowest BCUT2D eigenvalue weighted by atomic mass is 10.2. The van der Waals surface area contributed by atoms with Crippen molar-refractivity contribution in [2.45, 2.75) is 0 Å². The van der Waals surface area contributed by atoms with E-state index in [4.69, 9.17) is 5.11 Å². The van der Waals surface area contributed by atoms with E-state index >= 15 is 0 Å². The van der Waals surface area contributed by atoms with E-state index in [0.717, 1.165) is 25.3 Å².